The summed E-state index contributed by atoms with van der Waals surface area (Å²) in [5, 5.41) is 6.90. The Kier molecular flexibility index (Phi) is 3.66. The molecule has 0 bridgehead atoms. The van der Waals surface area contributed by atoms with Gasteiger partial charge in [0.1, 0.15) is 22.9 Å². The van der Waals surface area contributed by atoms with Crippen LogP contribution < -0.4 is 0 Å². The van der Waals surface area contributed by atoms with Gasteiger partial charge in [0, 0.05) is 16.3 Å². The highest BCUT2D eigenvalue weighted by molar-refractivity contribution is 7.14. The highest BCUT2D eigenvalue weighted by atomic mass is 32.1. The molecule has 0 aliphatic carbocycles. The summed E-state index contributed by atoms with van der Waals surface area (Å²) in [4.78, 5) is 16.3. The number of carbonyl (C=O) groups is 1. The first kappa shape index (κ1) is 13.1. The molecular weight excluding hydrogens is 294 g/mol. The van der Waals surface area contributed by atoms with Crippen LogP contribution >= 0.6 is 22.7 Å². The van der Waals surface area contributed by atoms with Crippen molar-refractivity contribution >= 4 is 28.6 Å². The molecule has 0 aliphatic rings. The predicted molar refractivity (Wildman–Crippen MR) is 78.0 cm³/mol. The molecule has 0 unspecified atom stereocenters. The molecule has 0 aliphatic heterocycles. The van der Waals surface area contributed by atoms with Crippen molar-refractivity contribution in [3.05, 3.63) is 51.6 Å². The normalized spacial score (nSPS) is 10.7. The zero-order chi connectivity index (χ0) is 13.9. The third-order valence-electron chi connectivity index (χ3n) is 2.75. The van der Waals surface area contributed by atoms with Crippen molar-refractivity contribution < 1.29 is 13.9 Å². The van der Waals surface area contributed by atoms with Crippen molar-refractivity contribution in [1.29, 1.82) is 0 Å². The third-order valence-corrected chi connectivity index (χ3v) is 4.37. The molecule has 20 heavy (non-hydrogen) atoms. The number of thiazole rings is 1. The number of hydrogen-bond acceptors (Lipinski definition) is 6. The summed E-state index contributed by atoms with van der Waals surface area (Å²) in [5.41, 5.74) is 2.31. The van der Waals surface area contributed by atoms with Gasteiger partial charge in [0.2, 0.25) is 0 Å². The van der Waals surface area contributed by atoms with Crippen molar-refractivity contribution in [2.24, 2.45) is 0 Å². The van der Waals surface area contributed by atoms with Gasteiger partial charge in [-0.05, 0) is 24.4 Å². The molecule has 3 rings (SSSR count). The molecule has 0 atom stereocenters. The highest BCUT2D eigenvalue weighted by Gasteiger charge is 2.14. The van der Waals surface area contributed by atoms with Crippen LogP contribution in [0.5, 0.6) is 0 Å². The molecule has 6 heteroatoms. The SMILES string of the molecule is Cc1occc1C(=O)OCc1csc(-c2ccsc2)n1. The quantitative estimate of drug-likeness (QED) is 0.680. The van der Waals surface area contributed by atoms with Crippen molar-refractivity contribution in [1.82, 2.24) is 4.98 Å². The molecule has 102 valence electrons. The minimum absolute atomic E-state index is 0.171. The number of esters is 1. The van der Waals surface area contributed by atoms with Gasteiger partial charge in [-0.1, -0.05) is 0 Å². The van der Waals surface area contributed by atoms with Gasteiger partial charge in [-0.15, -0.1) is 11.3 Å². The molecular formula is C14H11NO3S2. The van der Waals surface area contributed by atoms with Crippen LogP contribution in [-0.4, -0.2) is 11.0 Å². The fourth-order valence-electron chi connectivity index (χ4n) is 1.71. The first-order valence-electron chi connectivity index (χ1n) is 5.92. The summed E-state index contributed by atoms with van der Waals surface area (Å²) in [5.74, 6) is 0.175. The van der Waals surface area contributed by atoms with E-state index in [9.17, 15) is 4.79 Å². The second-order valence-corrected chi connectivity index (χ2v) is 5.76. The van der Waals surface area contributed by atoms with Crippen LogP contribution in [0.25, 0.3) is 10.6 Å². The summed E-state index contributed by atoms with van der Waals surface area (Å²) in [6, 6.07) is 3.63. The molecule has 0 saturated heterocycles. The smallest absolute Gasteiger partial charge is 0.342 e. The van der Waals surface area contributed by atoms with Crippen LogP contribution in [0, 0.1) is 6.92 Å². The lowest BCUT2D eigenvalue weighted by molar-refractivity contribution is 0.0466. The van der Waals surface area contributed by atoms with E-state index in [1.54, 1.807) is 35.7 Å². The third kappa shape index (κ3) is 2.66. The zero-order valence-corrected chi connectivity index (χ0v) is 12.3. The average Bonchev–Trinajstić information content (AvgIpc) is 3.16. The Hall–Kier alpha value is -1.92. The van der Waals surface area contributed by atoms with Gasteiger partial charge in [0.25, 0.3) is 0 Å². The van der Waals surface area contributed by atoms with E-state index in [2.05, 4.69) is 4.98 Å². The number of thiophene rings is 1. The van der Waals surface area contributed by atoms with Gasteiger partial charge in [-0.2, -0.15) is 11.3 Å². The lowest BCUT2D eigenvalue weighted by Crippen LogP contribution is -2.05. The van der Waals surface area contributed by atoms with E-state index in [4.69, 9.17) is 9.15 Å². The van der Waals surface area contributed by atoms with Crippen LogP contribution in [0.1, 0.15) is 21.8 Å². The minimum atomic E-state index is -0.388. The van der Waals surface area contributed by atoms with Crippen molar-refractivity contribution in [2.45, 2.75) is 13.5 Å². The Labute approximate surface area is 123 Å². The van der Waals surface area contributed by atoms with Crippen LogP contribution in [0.2, 0.25) is 0 Å². The number of furan rings is 1. The highest BCUT2D eigenvalue weighted by Crippen LogP contribution is 2.26. The Morgan fingerprint density at radius 1 is 1.40 bits per heavy atom. The van der Waals surface area contributed by atoms with Crippen molar-refractivity contribution in [3.63, 3.8) is 0 Å². The second kappa shape index (κ2) is 5.60. The number of aromatic nitrogens is 1. The van der Waals surface area contributed by atoms with E-state index in [1.807, 2.05) is 22.2 Å². The van der Waals surface area contributed by atoms with E-state index in [1.165, 1.54) is 6.26 Å². The number of aryl methyl sites for hydroxylation is 1. The average molecular weight is 305 g/mol. The van der Waals surface area contributed by atoms with Gasteiger partial charge in [0.15, 0.2) is 0 Å². The topological polar surface area (TPSA) is 52.3 Å². The maximum Gasteiger partial charge on any atom is 0.342 e. The Balaban J connectivity index is 1.65. The monoisotopic (exact) mass is 305 g/mol. The number of rotatable bonds is 4. The molecule has 4 nitrogen and oxygen atoms in total. The van der Waals surface area contributed by atoms with Crippen LogP contribution in [0.4, 0.5) is 0 Å². The van der Waals surface area contributed by atoms with Gasteiger partial charge in [-0.25, -0.2) is 9.78 Å². The molecule has 0 radical (unpaired) electrons. The fraction of sp³-hybridized carbons (Fsp3) is 0.143. The summed E-state index contributed by atoms with van der Waals surface area (Å²) in [6.45, 7) is 1.90. The summed E-state index contributed by atoms with van der Waals surface area (Å²) >= 11 is 3.18. The maximum absolute atomic E-state index is 11.8. The van der Waals surface area contributed by atoms with E-state index in [-0.39, 0.29) is 12.6 Å². The zero-order valence-electron chi connectivity index (χ0n) is 10.7. The summed E-state index contributed by atoms with van der Waals surface area (Å²) in [7, 11) is 0. The summed E-state index contributed by atoms with van der Waals surface area (Å²) < 4.78 is 10.3. The van der Waals surface area contributed by atoms with Crippen LogP contribution in [-0.2, 0) is 11.3 Å². The summed E-state index contributed by atoms with van der Waals surface area (Å²) in [6.07, 6.45) is 1.48. The van der Waals surface area contributed by atoms with E-state index < -0.39 is 0 Å². The number of nitrogens with zero attached hydrogens (tertiary/aromatic N) is 1. The first-order valence-corrected chi connectivity index (χ1v) is 7.74. The largest absolute Gasteiger partial charge is 0.469 e. The fourth-order valence-corrected chi connectivity index (χ4v) is 3.22. The van der Waals surface area contributed by atoms with E-state index in [0.29, 0.717) is 11.3 Å². The van der Waals surface area contributed by atoms with Gasteiger partial charge >= 0.3 is 5.97 Å². The number of ether oxygens (including phenoxy) is 1. The molecule has 0 aromatic carbocycles. The van der Waals surface area contributed by atoms with Gasteiger partial charge in [-0.3, -0.25) is 0 Å². The molecule has 3 heterocycles. The molecule has 3 aromatic rings. The number of hydrogen-bond donors (Lipinski definition) is 0. The standard InChI is InChI=1S/C14H11NO3S2/c1-9-12(2-4-17-9)14(16)18-6-11-8-20-13(15-11)10-3-5-19-7-10/h2-5,7-8H,6H2,1H3. The predicted octanol–water partition coefficient (Wildman–Crippen LogP) is 4.13. The Morgan fingerprint density at radius 3 is 3.00 bits per heavy atom. The van der Waals surface area contributed by atoms with E-state index in [0.717, 1.165) is 16.3 Å². The molecule has 0 spiro atoms. The van der Waals surface area contributed by atoms with Crippen molar-refractivity contribution in [2.75, 3.05) is 0 Å². The molecule has 0 saturated carbocycles. The minimum Gasteiger partial charge on any atom is -0.469 e. The second-order valence-electron chi connectivity index (χ2n) is 4.12. The number of carbonyl (C=O) groups excluding carboxylic acids is 1. The maximum atomic E-state index is 11.8. The van der Waals surface area contributed by atoms with Crippen LogP contribution in [0.15, 0.2) is 39.0 Å². The lowest BCUT2D eigenvalue weighted by Gasteiger charge is -2.01. The van der Waals surface area contributed by atoms with Crippen LogP contribution in [0.3, 0.4) is 0 Å². The molecule has 0 N–H and O–H groups in total. The Morgan fingerprint density at radius 2 is 2.30 bits per heavy atom. The van der Waals surface area contributed by atoms with Crippen molar-refractivity contribution in [3.8, 4) is 10.6 Å². The Bertz CT molecular complexity index is 712. The first-order chi connectivity index (χ1) is 9.74. The lowest BCUT2D eigenvalue weighted by atomic mass is 10.3. The molecule has 3 aromatic heterocycles. The molecule has 0 amide bonds. The van der Waals surface area contributed by atoms with Gasteiger partial charge < -0.3 is 9.15 Å². The molecule has 0 fully saturated rings. The van der Waals surface area contributed by atoms with E-state index >= 15 is 0 Å². The van der Waals surface area contributed by atoms with Gasteiger partial charge in [0.05, 0.1) is 12.0 Å².